The molecule has 0 amide bonds. The van der Waals surface area contributed by atoms with Gasteiger partial charge in [-0.3, -0.25) is 9.59 Å². The third-order valence-corrected chi connectivity index (χ3v) is 13.7. The fourth-order valence-corrected chi connectivity index (χ4v) is 12.0. The van der Waals surface area contributed by atoms with E-state index in [1.807, 2.05) is 13.8 Å². The van der Waals surface area contributed by atoms with Crippen molar-refractivity contribution in [2.24, 2.45) is 45.3 Å². The monoisotopic (exact) mass is 576 g/mol. The zero-order valence-corrected chi connectivity index (χ0v) is 27.2. The van der Waals surface area contributed by atoms with Gasteiger partial charge in [0.1, 0.15) is 12.2 Å². The van der Waals surface area contributed by atoms with E-state index < -0.39 is 17.3 Å². The van der Waals surface area contributed by atoms with E-state index in [2.05, 4.69) is 41.5 Å². The number of rotatable bonds is 4. The van der Waals surface area contributed by atoms with Gasteiger partial charge < -0.3 is 24.4 Å². The molecule has 4 aliphatic carbocycles. The van der Waals surface area contributed by atoms with E-state index in [1.165, 1.54) is 13.8 Å². The predicted molar refractivity (Wildman–Crippen MR) is 156 cm³/mol. The van der Waals surface area contributed by atoms with E-state index in [0.29, 0.717) is 12.3 Å². The maximum absolute atomic E-state index is 12.5. The summed E-state index contributed by atoms with van der Waals surface area (Å²) in [7, 11) is 0. The summed E-state index contributed by atoms with van der Waals surface area (Å²) in [6, 6.07) is 0. The summed E-state index contributed by atoms with van der Waals surface area (Å²) < 4.78 is 18.8. The van der Waals surface area contributed by atoms with Gasteiger partial charge in [-0.2, -0.15) is 0 Å². The summed E-state index contributed by atoms with van der Waals surface area (Å²) in [5.74, 6) is 0.202. The Morgan fingerprint density at radius 2 is 1.46 bits per heavy atom. The van der Waals surface area contributed by atoms with Crippen molar-refractivity contribution in [1.29, 1.82) is 0 Å². The highest BCUT2D eigenvalue weighted by Gasteiger charge is 2.73. The Kier molecular flexibility index (Phi) is 7.36. The van der Waals surface area contributed by atoms with Gasteiger partial charge in [0.15, 0.2) is 0 Å². The van der Waals surface area contributed by atoms with Crippen molar-refractivity contribution in [2.45, 2.75) is 156 Å². The Hall–Kier alpha value is -1.18. The molecule has 7 heteroatoms. The predicted octanol–water partition coefficient (Wildman–Crippen LogP) is 5.82. The van der Waals surface area contributed by atoms with Gasteiger partial charge in [0.2, 0.25) is 0 Å². The lowest BCUT2D eigenvalue weighted by Gasteiger charge is -2.68. The normalized spacial score (nSPS) is 50.8. The summed E-state index contributed by atoms with van der Waals surface area (Å²) in [5.41, 5.74) is -2.19. The third-order valence-electron chi connectivity index (χ3n) is 13.7. The van der Waals surface area contributed by atoms with Crippen molar-refractivity contribution in [2.75, 3.05) is 0 Å². The van der Waals surface area contributed by atoms with Crippen molar-refractivity contribution in [3.8, 4) is 0 Å². The number of fused-ring (bicyclic) bond motifs is 5. The summed E-state index contributed by atoms with van der Waals surface area (Å²) in [5, 5.41) is 22.6. The number of aliphatic hydroxyl groups is 2. The first-order chi connectivity index (χ1) is 18.7. The Bertz CT molecular complexity index is 1060. The average Bonchev–Trinajstić information content (AvgIpc) is 3.30. The zero-order chi connectivity index (χ0) is 30.6. The maximum Gasteiger partial charge on any atom is 0.302 e. The number of esters is 2. The number of ether oxygens (including phenoxy) is 3. The second kappa shape index (κ2) is 9.66. The summed E-state index contributed by atoms with van der Waals surface area (Å²) >= 11 is 0. The van der Waals surface area contributed by atoms with Crippen LogP contribution in [-0.2, 0) is 23.8 Å². The molecule has 12 atom stereocenters. The minimum Gasteiger partial charge on any atom is -0.462 e. The van der Waals surface area contributed by atoms with Gasteiger partial charge in [-0.15, -0.1) is 0 Å². The average molecular weight is 577 g/mol. The molecule has 2 N–H and O–H groups in total. The Labute approximate surface area is 247 Å². The fraction of sp³-hybridized carbons (Fsp3) is 0.941. The van der Waals surface area contributed by atoms with Crippen LogP contribution in [0.4, 0.5) is 0 Å². The highest BCUT2D eigenvalue weighted by atomic mass is 16.6. The van der Waals surface area contributed by atoms with E-state index in [1.54, 1.807) is 0 Å². The second-order valence-corrected chi connectivity index (χ2v) is 16.8. The molecule has 4 saturated carbocycles. The lowest BCUT2D eigenvalue weighted by atomic mass is 9.37. The standard InChI is InChI=1S/C34H56O7/c1-19(35)39-24-17-22-21(31(7)14-12-25(40-20(2)36)29(3,4)28(24)31)11-15-32(8)27(23(37)18-33(22,32)9)34(10)16-13-26(41-34)30(5,6)38/h21-28,37-38H,11-18H2,1-10H3/t21-,22+,23-,24+,25+,26-,27-,28+,31-,32-,33-,34+/m1/s1. The van der Waals surface area contributed by atoms with E-state index >= 15 is 0 Å². The molecule has 1 heterocycles. The Balaban J connectivity index is 1.53. The van der Waals surface area contributed by atoms with Gasteiger partial charge in [-0.05, 0) is 100 Å². The SMILES string of the molecule is CC(=O)O[C@H]1C[C@H]2[C@@H](CC[C@]3(C)[C@H]([C@]4(C)CC[C@H](C(C)(C)O)O4)[C@H](O)C[C@]23C)[C@@]2(C)CC[C@H](OC(C)=O)C(C)(C)[C@H]12. The molecule has 0 aromatic rings. The fourth-order valence-electron chi connectivity index (χ4n) is 12.0. The molecule has 0 aromatic heterocycles. The van der Waals surface area contributed by atoms with Crippen LogP contribution in [0.1, 0.15) is 121 Å². The first-order valence-corrected chi connectivity index (χ1v) is 16.1. The molecule has 0 bridgehead atoms. The van der Waals surface area contributed by atoms with E-state index in [9.17, 15) is 19.8 Å². The molecule has 0 unspecified atom stereocenters. The summed E-state index contributed by atoms with van der Waals surface area (Å²) in [6.07, 6.45) is 5.63. The largest absolute Gasteiger partial charge is 0.462 e. The first kappa shape index (κ1) is 31.3. The molecule has 234 valence electrons. The van der Waals surface area contributed by atoms with E-state index in [4.69, 9.17) is 14.2 Å². The maximum atomic E-state index is 12.5. The third kappa shape index (κ3) is 4.53. The van der Waals surface area contributed by atoms with Gasteiger partial charge in [-0.1, -0.05) is 34.6 Å². The number of carbonyl (C=O) groups excluding carboxylic acids is 2. The zero-order valence-electron chi connectivity index (χ0n) is 27.2. The van der Waals surface area contributed by atoms with Crippen LogP contribution in [0.25, 0.3) is 0 Å². The lowest BCUT2D eigenvalue weighted by molar-refractivity contribution is -0.250. The quantitative estimate of drug-likeness (QED) is 0.406. The van der Waals surface area contributed by atoms with Gasteiger partial charge >= 0.3 is 11.9 Å². The molecule has 5 aliphatic rings. The highest BCUT2D eigenvalue weighted by molar-refractivity contribution is 5.66. The molecule has 0 aromatic carbocycles. The molecule has 7 nitrogen and oxygen atoms in total. The van der Waals surface area contributed by atoms with Crippen LogP contribution in [0.15, 0.2) is 0 Å². The van der Waals surface area contributed by atoms with Crippen molar-refractivity contribution in [3.63, 3.8) is 0 Å². The van der Waals surface area contributed by atoms with Crippen LogP contribution in [0, 0.1) is 45.3 Å². The lowest BCUT2D eigenvalue weighted by Crippen LogP contribution is -2.66. The van der Waals surface area contributed by atoms with E-state index in [-0.39, 0.29) is 69.7 Å². The second-order valence-electron chi connectivity index (χ2n) is 16.8. The molecule has 5 rings (SSSR count). The van der Waals surface area contributed by atoms with E-state index in [0.717, 1.165) is 44.9 Å². The molecule has 5 fully saturated rings. The molecular weight excluding hydrogens is 520 g/mol. The van der Waals surface area contributed by atoms with Gasteiger partial charge in [-0.25, -0.2) is 0 Å². The van der Waals surface area contributed by atoms with Crippen LogP contribution in [0.2, 0.25) is 0 Å². The van der Waals surface area contributed by atoms with Crippen molar-refractivity contribution < 1.29 is 34.0 Å². The molecule has 41 heavy (non-hydrogen) atoms. The highest BCUT2D eigenvalue weighted by Crippen LogP contribution is 2.75. The molecule has 1 aliphatic heterocycles. The van der Waals surface area contributed by atoms with Gasteiger partial charge in [0.25, 0.3) is 0 Å². The van der Waals surface area contributed by atoms with Gasteiger partial charge in [0, 0.05) is 31.1 Å². The van der Waals surface area contributed by atoms with Crippen molar-refractivity contribution in [1.82, 2.24) is 0 Å². The Morgan fingerprint density at radius 3 is 2.02 bits per heavy atom. The minimum absolute atomic E-state index is 0.0397. The van der Waals surface area contributed by atoms with Crippen LogP contribution in [-0.4, -0.2) is 57.8 Å². The number of hydrogen-bond donors (Lipinski definition) is 2. The van der Waals surface area contributed by atoms with Crippen LogP contribution < -0.4 is 0 Å². The number of aliphatic hydroxyl groups excluding tert-OH is 1. The summed E-state index contributed by atoms with van der Waals surface area (Å²) in [6.45, 7) is 20.3. The molecule has 1 saturated heterocycles. The molecule has 0 radical (unpaired) electrons. The van der Waals surface area contributed by atoms with Crippen molar-refractivity contribution in [3.05, 3.63) is 0 Å². The summed E-state index contributed by atoms with van der Waals surface area (Å²) in [4.78, 5) is 24.6. The first-order valence-electron chi connectivity index (χ1n) is 16.1. The van der Waals surface area contributed by atoms with Crippen LogP contribution >= 0.6 is 0 Å². The van der Waals surface area contributed by atoms with Crippen LogP contribution in [0.5, 0.6) is 0 Å². The minimum atomic E-state index is -0.925. The number of carbonyl (C=O) groups is 2. The number of hydrogen-bond acceptors (Lipinski definition) is 7. The molecular formula is C34H56O7. The van der Waals surface area contributed by atoms with Crippen molar-refractivity contribution >= 4 is 11.9 Å². The topological polar surface area (TPSA) is 102 Å². The smallest absolute Gasteiger partial charge is 0.302 e. The molecule has 0 spiro atoms. The van der Waals surface area contributed by atoms with Crippen LogP contribution in [0.3, 0.4) is 0 Å². The Morgan fingerprint density at radius 1 is 0.829 bits per heavy atom. The van der Waals surface area contributed by atoms with Gasteiger partial charge in [0.05, 0.1) is 23.4 Å².